The number of amides is 1. The number of nitrogens with one attached hydrogen (secondary N) is 3. The third kappa shape index (κ3) is 7.32. The van der Waals surface area contributed by atoms with Gasteiger partial charge in [-0.05, 0) is 50.4 Å². The lowest BCUT2D eigenvalue weighted by atomic mass is 9.95. The van der Waals surface area contributed by atoms with Crippen molar-refractivity contribution in [2.75, 3.05) is 26.2 Å². The molecule has 1 aliphatic rings. The summed E-state index contributed by atoms with van der Waals surface area (Å²) in [7, 11) is 0. The minimum atomic E-state index is -0.279. The molecule has 0 radical (unpaired) electrons. The van der Waals surface area contributed by atoms with E-state index in [1.54, 1.807) is 0 Å². The average Bonchev–Trinajstić information content (AvgIpc) is 2.63. The van der Waals surface area contributed by atoms with E-state index in [1.165, 1.54) is 50.3 Å². The number of carbonyl (C=O) groups excluding carboxylic acids is 1. The van der Waals surface area contributed by atoms with Gasteiger partial charge < -0.3 is 26.2 Å². The highest BCUT2D eigenvalue weighted by atomic mass is 16.3. The van der Waals surface area contributed by atoms with Gasteiger partial charge in [0.05, 0.1) is 0 Å². The molecule has 1 aliphatic carbocycles. The van der Waals surface area contributed by atoms with E-state index >= 15 is 0 Å². The molecule has 0 spiro atoms. The maximum atomic E-state index is 11.9. The van der Waals surface area contributed by atoms with Crippen LogP contribution in [0.2, 0.25) is 0 Å². The van der Waals surface area contributed by atoms with Crippen LogP contribution < -0.4 is 16.0 Å². The summed E-state index contributed by atoms with van der Waals surface area (Å²) in [6.45, 7) is 3.55. The molecule has 1 aromatic carbocycles. The van der Waals surface area contributed by atoms with E-state index in [1.807, 2.05) is 0 Å². The lowest BCUT2D eigenvalue weighted by molar-refractivity contribution is 0.0952. The van der Waals surface area contributed by atoms with Crippen LogP contribution in [-0.4, -0.2) is 48.3 Å². The van der Waals surface area contributed by atoms with Crippen molar-refractivity contribution in [2.45, 2.75) is 51.0 Å². The highest BCUT2D eigenvalue weighted by Gasteiger charge is 2.11. The maximum absolute atomic E-state index is 11.9. The Bertz CT molecular complexity index is 531. The fourth-order valence-corrected chi connectivity index (χ4v) is 3.14. The molecule has 25 heavy (non-hydrogen) atoms. The first-order chi connectivity index (χ1) is 12.2. The second-order valence-corrected chi connectivity index (χ2v) is 6.71. The number of aromatic hydroxyl groups is 2. The molecule has 1 amide bonds. The molecule has 0 aliphatic heterocycles. The Labute approximate surface area is 150 Å². The van der Waals surface area contributed by atoms with Crippen LogP contribution in [0, 0.1) is 0 Å². The van der Waals surface area contributed by atoms with Crippen molar-refractivity contribution in [1.82, 2.24) is 16.0 Å². The van der Waals surface area contributed by atoms with E-state index in [-0.39, 0.29) is 17.4 Å². The van der Waals surface area contributed by atoms with Crippen LogP contribution in [0.3, 0.4) is 0 Å². The molecule has 5 N–H and O–H groups in total. The second-order valence-electron chi connectivity index (χ2n) is 6.71. The van der Waals surface area contributed by atoms with Crippen molar-refractivity contribution in [2.24, 2.45) is 0 Å². The van der Waals surface area contributed by atoms with Crippen LogP contribution in [0.1, 0.15) is 55.3 Å². The summed E-state index contributed by atoms with van der Waals surface area (Å²) >= 11 is 0. The smallest absolute Gasteiger partial charge is 0.251 e. The van der Waals surface area contributed by atoms with Gasteiger partial charge in [-0.15, -0.1) is 0 Å². The molecule has 0 heterocycles. The fourth-order valence-electron chi connectivity index (χ4n) is 3.14. The first-order valence-electron chi connectivity index (χ1n) is 9.41. The van der Waals surface area contributed by atoms with Crippen LogP contribution in [0.25, 0.3) is 0 Å². The van der Waals surface area contributed by atoms with E-state index in [9.17, 15) is 15.0 Å². The van der Waals surface area contributed by atoms with Crippen molar-refractivity contribution in [1.29, 1.82) is 0 Å². The summed E-state index contributed by atoms with van der Waals surface area (Å²) in [5.41, 5.74) is 0.349. The van der Waals surface area contributed by atoms with Gasteiger partial charge in [0.15, 0.2) is 11.5 Å². The monoisotopic (exact) mass is 349 g/mol. The largest absolute Gasteiger partial charge is 0.504 e. The molecule has 2 rings (SSSR count). The molecule has 0 atom stereocenters. The highest BCUT2D eigenvalue weighted by molar-refractivity contribution is 5.94. The highest BCUT2D eigenvalue weighted by Crippen LogP contribution is 2.24. The molecule has 0 saturated heterocycles. The zero-order chi connectivity index (χ0) is 17.9. The summed E-state index contributed by atoms with van der Waals surface area (Å²) in [6.07, 6.45) is 8.66. The summed E-state index contributed by atoms with van der Waals surface area (Å²) in [6, 6.07) is 4.79. The number of benzene rings is 1. The van der Waals surface area contributed by atoms with E-state index in [4.69, 9.17) is 0 Å². The van der Waals surface area contributed by atoms with Crippen molar-refractivity contribution in [3.63, 3.8) is 0 Å². The van der Waals surface area contributed by atoms with Crippen molar-refractivity contribution >= 4 is 5.91 Å². The molecule has 6 nitrogen and oxygen atoms in total. The van der Waals surface area contributed by atoms with Gasteiger partial charge in [-0.1, -0.05) is 19.3 Å². The number of carbonyl (C=O) groups is 1. The van der Waals surface area contributed by atoms with E-state index in [2.05, 4.69) is 16.0 Å². The molecular weight excluding hydrogens is 318 g/mol. The van der Waals surface area contributed by atoms with Crippen molar-refractivity contribution in [3.8, 4) is 11.5 Å². The topological polar surface area (TPSA) is 93.6 Å². The standard InChI is InChI=1S/C19H31N3O3/c23-17-9-8-15(14-18(17)24)19(25)22-11-5-4-10-20-12-13-21-16-6-2-1-3-7-16/h8-9,14,16,20-21,23-24H,1-7,10-13H2,(H,22,25). The van der Waals surface area contributed by atoms with E-state index in [0.29, 0.717) is 18.2 Å². The third-order valence-corrected chi connectivity index (χ3v) is 4.64. The molecular formula is C19H31N3O3. The molecule has 140 valence electrons. The van der Waals surface area contributed by atoms with Gasteiger partial charge in [0.25, 0.3) is 5.91 Å². The number of phenols is 2. The lowest BCUT2D eigenvalue weighted by Gasteiger charge is -2.22. The number of hydrogen-bond donors (Lipinski definition) is 5. The Morgan fingerprint density at radius 2 is 1.72 bits per heavy atom. The van der Waals surface area contributed by atoms with Crippen molar-refractivity contribution in [3.05, 3.63) is 23.8 Å². The SMILES string of the molecule is O=C(NCCCCNCCNC1CCCCC1)c1ccc(O)c(O)c1. The van der Waals surface area contributed by atoms with Crippen LogP contribution in [0.5, 0.6) is 11.5 Å². The van der Waals surface area contributed by atoms with Crippen LogP contribution in [0.15, 0.2) is 18.2 Å². The van der Waals surface area contributed by atoms with Gasteiger partial charge in [-0.25, -0.2) is 0 Å². The van der Waals surface area contributed by atoms with Crippen molar-refractivity contribution < 1.29 is 15.0 Å². The van der Waals surface area contributed by atoms with Crippen LogP contribution in [-0.2, 0) is 0 Å². The predicted octanol–water partition coefficient (Wildman–Crippen LogP) is 2.12. The zero-order valence-corrected chi connectivity index (χ0v) is 14.9. The van der Waals surface area contributed by atoms with E-state index < -0.39 is 0 Å². The Balaban J connectivity index is 1.45. The number of hydrogen-bond acceptors (Lipinski definition) is 5. The van der Waals surface area contributed by atoms with Gasteiger partial charge in [-0.3, -0.25) is 4.79 Å². The maximum Gasteiger partial charge on any atom is 0.251 e. The Morgan fingerprint density at radius 3 is 2.48 bits per heavy atom. The molecule has 1 aromatic rings. The van der Waals surface area contributed by atoms with Gasteiger partial charge >= 0.3 is 0 Å². The van der Waals surface area contributed by atoms with Gasteiger partial charge in [-0.2, -0.15) is 0 Å². The normalized spacial score (nSPS) is 15.2. The lowest BCUT2D eigenvalue weighted by Crippen LogP contribution is -2.36. The first-order valence-corrected chi connectivity index (χ1v) is 9.41. The van der Waals surface area contributed by atoms with Gasteiger partial charge in [0, 0.05) is 31.2 Å². The average molecular weight is 349 g/mol. The Hall–Kier alpha value is -1.79. The minimum Gasteiger partial charge on any atom is -0.504 e. The molecule has 1 saturated carbocycles. The second kappa shape index (κ2) is 10.9. The number of phenolic OH excluding ortho intramolecular Hbond substituents is 2. The number of rotatable bonds is 10. The van der Waals surface area contributed by atoms with Gasteiger partial charge in [0.2, 0.25) is 0 Å². The van der Waals surface area contributed by atoms with Crippen LogP contribution in [0.4, 0.5) is 0 Å². The molecule has 6 heteroatoms. The zero-order valence-electron chi connectivity index (χ0n) is 14.9. The summed E-state index contributed by atoms with van der Waals surface area (Å²) in [5, 5.41) is 28.5. The summed E-state index contributed by atoms with van der Waals surface area (Å²) in [4.78, 5) is 11.9. The molecule has 0 unspecified atom stereocenters. The Kier molecular flexibility index (Phi) is 8.55. The summed E-state index contributed by atoms with van der Waals surface area (Å²) in [5.74, 6) is -0.737. The molecule has 1 fully saturated rings. The third-order valence-electron chi connectivity index (χ3n) is 4.64. The minimum absolute atomic E-state index is 0.222. The Morgan fingerprint density at radius 1 is 0.960 bits per heavy atom. The van der Waals surface area contributed by atoms with E-state index in [0.717, 1.165) is 32.5 Å². The predicted molar refractivity (Wildman–Crippen MR) is 99.1 cm³/mol. The van der Waals surface area contributed by atoms with Crippen LogP contribution >= 0.6 is 0 Å². The fraction of sp³-hybridized carbons (Fsp3) is 0.632. The molecule has 0 aromatic heterocycles. The van der Waals surface area contributed by atoms with Gasteiger partial charge in [0.1, 0.15) is 0 Å². The molecule has 0 bridgehead atoms. The summed E-state index contributed by atoms with van der Waals surface area (Å²) < 4.78 is 0. The number of unbranched alkanes of at least 4 members (excludes halogenated alkanes) is 1. The quantitative estimate of drug-likeness (QED) is 0.330. The first kappa shape index (κ1) is 19.5.